The molecule has 2 rings (SSSR count). The van der Waals surface area contributed by atoms with E-state index >= 15 is 0 Å². The van der Waals surface area contributed by atoms with Gasteiger partial charge < -0.3 is 15.4 Å². The Morgan fingerprint density at radius 2 is 2.00 bits per heavy atom. The topological polar surface area (TPSA) is 68.5 Å². The lowest BCUT2D eigenvalue weighted by molar-refractivity contribution is 0.0827. The number of carbonyl (C=O) groups is 1. The van der Waals surface area contributed by atoms with E-state index in [1.54, 1.807) is 32.3 Å². The van der Waals surface area contributed by atoms with E-state index < -0.39 is 0 Å². The number of aromatic nitrogens is 1. The van der Waals surface area contributed by atoms with Crippen molar-refractivity contribution in [2.45, 2.75) is 6.92 Å². The van der Waals surface area contributed by atoms with Crippen molar-refractivity contribution in [2.75, 3.05) is 19.8 Å². The third kappa shape index (κ3) is 3.06. The maximum atomic E-state index is 11.7. The van der Waals surface area contributed by atoms with Crippen LogP contribution < -0.4 is 10.5 Å². The number of nitrogen functional groups attached to an aromatic ring is 1. The van der Waals surface area contributed by atoms with Crippen molar-refractivity contribution in [3.8, 4) is 11.6 Å². The Bertz CT molecular complexity index is 622. The zero-order valence-electron chi connectivity index (χ0n) is 11.8. The summed E-state index contributed by atoms with van der Waals surface area (Å²) in [5, 5.41) is 0. The Balaban J connectivity index is 2.19. The molecular weight excluding hydrogens is 254 g/mol. The van der Waals surface area contributed by atoms with Gasteiger partial charge in [0.05, 0.1) is 5.56 Å². The van der Waals surface area contributed by atoms with Crippen LogP contribution in [0.1, 0.15) is 15.9 Å². The monoisotopic (exact) mass is 271 g/mol. The molecule has 2 N–H and O–H groups in total. The largest absolute Gasteiger partial charge is 0.439 e. The number of nitrogens with zero attached hydrogens (tertiary/aromatic N) is 2. The number of aryl methyl sites for hydroxylation is 1. The van der Waals surface area contributed by atoms with E-state index in [9.17, 15) is 4.79 Å². The van der Waals surface area contributed by atoms with Crippen LogP contribution in [-0.4, -0.2) is 29.9 Å². The van der Waals surface area contributed by atoms with Gasteiger partial charge in [-0.15, -0.1) is 0 Å². The first-order chi connectivity index (χ1) is 9.47. The van der Waals surface area contributed by atoms with E-state index in [0.29, 0.717) is 22.9 Å². The van der Waals surface area contributed by atoms with Gasteiger partial charge in [-0.05, 0) is 24.6 Å². The van der Waals surface area contributed by atoms with Crippen LogP contribution in [0.2, 0.25) is 0 Å². The maximum absolute atomic E-state index is 11.7. The van der Waals surface area contributed by atoms with Crippen molar-refractivity contribution in [3.63, 3.8) is 0 Å². The minimum absolute atomic E-state index is 0.0933. The molecule has 0 fully saturated rings. The van der Waals surface area contributed by atoms with Gasteiger partial charge in [0.2, 0.25) is 5.88 Å². The Hall–Kier alpha value is -2.56. The molecule has 0 aliphatic carbocycles. The van der Waals surface area contributed by atoms with Crippen LogP contribution in [0.15, 0.2) is 36.5 Å². The molecule has 0 unspecified atom stereocenters. The van der Waals surface area contributed by atoms with E-state index in [2.05, 4.69) is 4.98 Å². The second-order valence-corrected chi connectivity index (χ2v) is 4.71. The summed E-state index contributed by atoms with van der Waals surface area (Å²) in [5.41, 5.74) is 7.84. The van der Waals surface area contributed by atoms with Crippen LogP contribution in [0.3, 0.4) is 0 Å². The van der Waals surface area contributed by atoms with Crippen LogP contribution in [0, 0.1) is 6.92 Å². The number of ether oxygens (including phenoxy) is 1. The normalized spacial score (nSPS) is 10.2. The number of rotatable bonds is 3. The number of benzene rings is 1. The van der Waals surface area contributed by atoms with Crippen molar-refractivity contribution in [1.82, 2.24) is 9.88 Å². The predicted molar refractivity (Wildman–Crippen MR) is 77.9 cm³/mol. The molecule has 0 saturated heterocycles. The van der Waals surface area contributed by atoms with E-state index in [0.717, 1.165) is 5.56 Å². The van der Waals surface area contributed by atoms with Gasteiger partial charge in [-0.3, -0.25) is 4.79 Å². The number of carbonyl (C=O) groups excluding carboxylic acids is 1. The quantitative estimate of drug-likeness (QED) is 0.871. The van der Waals surface area contributed by atoms with Crippen LogP contribution in [0.25, 0.3) is 0 Å². The second kappa shape index (κ2) is 5.61. The molecule has 0 radical (unpaired) electrons. The summed E-state index contributed by atoms with van der Waals surface area (Å²) in [6.45, 7) is 1.93. The van der Waals surface area contributed by atoms with E-state index in [1.807, 2.05) is 19.1 Å². The molecule has 1 aromatic carbocycles. The average molecular weight is 271 g/mol. The van der Waals surface area contributed by atoms with Gasteiger partial charge in [-0.25, -0.2) is 4.98 Å². The highest BCUT2D eigenvalue weighted by molar-refractivity contribution is 5.93. The Labute approximate surface area is 118 Å². The van der Waals surface area contributed by atoms with Crippen LogP contribution >= 0.6 is 0 Å². The molecule has 1 amide bonds. The summed E-state index contributed by atoms with van der Waals surface area (Å²) in [6.07, 6.45) is 1.50. The molecule has 0 atom stereocenters. The van der Waals surface area contributed by atoms with Crippen molar-refractivity contribution in [3.05, 3.63) is 47.7 Å². The van der Waals surface area contributed by atoms with Crippen molar-refractivity contribution < 1.29 is 9.53 Å². The summed E-state index contributed by atoms with van der Waals surface area (Å²) in [5.74, 6) is 0.988. The first-order valence-electron chi connectivity index (χ1n) is 6.19. The highest BCUT2D eigenvalue weighted by Gasteiger charge is 2.09. The van der Waals surface area contributed by atoms with Gasteiger partial charge >= 0.3 is 0 Å². The molecular formula is C15H17N3O2. The standard InChI is InChI=1S/C15H17N3O2/c1-10-4-6-12(16)8-13(10)20-14-7-5-11(9-17-14)15(19)18(2)3/h4-9H,16H2,1-3H3. The van der Waals surface area contributed by atoms with Crippen molar-refractivity contribution >= 4 is 11.6 Å². The first-order valence-corrected chi connectivity index (χ1v) is 6.19. The summed E-state index contributed by atoms with van der Waals surface area (Å²) >= 11 is 0. The minimum atomic E-state index is -0.0933. The lowest BCUT2D eigenvalue weighted by Crippen LogP contribution is -2.21. The van der Waals surface area contributed by atoms with Crippen LogP contribution in [0.5, 0.6) is 11.6 Å². The van der Waals surface area contributed by atoms with Crippen LogP contribution in [-0.2, 0) is 0 Å². The summed E-state index contributed by atoms with van der Waals surface area (Å²) in [4.78, 5) is 17.4. The molecule has 1 heterocycles. The first kappa shape index (κ1) is 13.9. The predicted octanol–water partition coefficient (Wildman–Crippen LogP) is 2.47. The molecule has 5 nitrogen and oxygen atoms in total. The van der Waals surface area contributed by atoms with E-state index in [-0.39, 0.29) is 5.91 Å². The fraction of sp³-hybridized carbons (Fsp3) is 0.200. The lowest BCUT2D eigenvalue weighted by Gasteiger charge is -2.11. The molecule has 0 spiro atoms. The number of hydrogen-bond donors (Lipinski definition) is 1. The zero-order valence-corrected chi connectivity index (χ0v) is 11.8. The Morgan fingerprint density at radius 3 is 2.60 bits per heavy atom. The third-order valence-corrected chi connectivity index (χ3v) is 2.82. The Kier molecular flexibility index (Phi) is 3.89. The fourth-order valence-corrected chi connectivity index (χ4v) is 1.66. The van der Waals surface area contributed by atoms with E-state index in [4.69, 9.17) is 10.5 Å². The minimum Gasteiger partial charge on any atom is -0.439 e. The molecule has 0 bridgehead atoms. The van der Waals surface area contributed by atoms with Gasteiger partial charge in [-0.2, -0.15) is 0 Å². The number of hydrogen-bond acceptors (Lipinski definition) is 4. The number of amides is 1. The highest BCUT2D eigenvalue weighted by Crippen LogP contribution is 2.25. The van der Waals surface area contributed by atoms with Crippen LogP contribution in [0.4, 0.5) is 5.69 Å². The smallest absolute Gasteiger partial charge is 0.254 e. The number of nitrogens with two attached hydrogens (primary N) is 1. The summed E-state index contributed by atoms with van der Waals surface area (Å²) < 4.78 is 5.67. The molecule has 5 heteroatoms. The molecule has 1 aromatic heterocycles. The van der Waals surface area contributed by atoms with E-state index in [1.165, 1.54) is 11.1 Å². The average Bonchev–Trinajstić information content (AvgIpc) is 2.43. The lowest BCUT2D eigenvalue weighted by atomic mass is 10.2. The molecule has 0 saturated carbocycles. The second-order valence-electron chi connectivity index (χ2n) is 4.71. The van der Waals surface area contributed by atoms with Gasteiger partial charge in [0, 0.05) is 38.1 Å². The number of pyridine rings is 1. The highest BCUT2D eigenvalue weighted by atomic mass is 16.5. The van der Waals surface area contributed by atoms with Gasteiger partial charge in [0.25, 0.3) is 5.91 Å². The summed E-state index contributed by atoms with van der Waals surface area (Å²) in [7, 11) is 3.39. The van der Waals surface area contributed by atoms with Gasteiger partial charge in [0.1, 0.15) is 5.75 Å². The van der Waals surface area contributed by atoms with Gasteiger partial charge in [-0.1, -0.05) is 6.07 Å². The van der Waals surface area contributed by atoms with Crippen molar-refractivity contribution in [1.29, 1.82) is 0 Å². The maximum Gasteiger partial charge on any atom is 0.254 e. The fourth-order valence-electron chi connectivity index (χ4n) is 1.66. The molecule has 104 valence electrons. The Morgan fingerprint density at radius 1 is 1.25 bits per heavy atom. The molecule has 0 aliphatic heterocycles. The zero-order chi connectivity index (χ0) is 14.7. The van der Waals surface area contributed by atoms with Gasteiger partial charge in [0.15, 0.2) is 0 Å². The molecule has 20 heavy (non-hydrogen) atoms. The molecule has 2 aromatic rings. The molecule has 0 aliphatic rings. The van der Waals surface area contributed by atoms with Crippen molar-refractivity contribution in [2.24, 2.45) is 0 Å². The SMILES string of the molecule is Cc1ccc(N)cc1Oc1ccc(C(=O)N(C)C)cn1. The third-order valence-electron chi connectivity index (χ3n) is 2.82. The summed E-state index contributed by atoms with van der Waals surface area (Å²) in [6, 6.07) is 8.80. The number of anilines is 1.